The maximum Gasteiger partial charge on any atom is 0.439 e. The monoisotopic (exact) mass is 544 g/mol. The molecule has 2 unspecified atom stereocenters. The summed E-state index contributed by atoms with van der Waals surface area (Å²) in [4.78, 5) is 37.3. The van der Waals surface area contributed by atoms with Crippen LogP contribution in [0.2, 0.25) is 0 Å². The van der Waals surface area contributed by atoms with E-state index in [1.807, 2.05) is 6.07 Å². The first-order valence-corrected chi connectivity index (χ1v) is 14.2. The number of fused-ring (bicyclic) bond motifs is 1. The predicted molar refractivity (Wildman–Crippen MR) is 152 cm³/mol. The summed E-state index contributed by atoms with van der Waals surface area (Å²) in [6, 6.07) is 2.01. The fraction of sp³-hybridized carbons (Fsp3) is 0.536. The molecule has 2 aliphatic rings. The van der Waals surface area contributed by atoms with Crippen LogP contribution in [0.3, 0.4) is 0 Å². The van der Waals surface area contributed by atoms with E-state index < -0.39 is 5.76 Å². The number of aromatic amines is 1. The SMILES string of the molecule is C=CC1CCC(Cn2c(NC(C)c3ccncn3)nc3nc(-c4noc(=O)[nH]4)nc(NC(C)C4CCC4)c32)CC1. The van der Waals surface area contributed by atoms with Crippen molar-refractivity contribution >= 4 is 22.9 Å². The molecule has 2 atom stereocenters. The molecule has 0 amide bonds. The molecule has 4 aromatic rings. The normalized spacial score (nSPS) is 21.1. The quantitative estimate of drug-likeness (QED) is 0.239. The van der Waals surface area contributed by atoms with Crippen LogP contribution in [0.15, 0.2) is 40.6 Å². The van der Waals surface area contributed by atoms with E-state index in [0.717, 1.165) is 43.4 Å². The zero-order chi connectivity index (χ0) is 27.6. The fourth-order valence-corrected chi connectivity index (χ4v) is 5.82. The van der Waals surface area contributed by atoms with E-state index in [2.05, 4.69) is 61.8 Å². The summed E-state index contributed by atoms with van der Waals surface area (Å²) in [6.07, 6.45) is 13.6. The molecule has 0 aromatic carbocycles. The molecule has 6 rings (SSSR count). The van der Waals surface area contributed by atoms with Crippen LogP contribution in [0.4, 0.5) is 11.8 Å². The summed E-state index contributed by atoms with van der Waals surface area (Å²) >= 11 is 0. The van der Waals surface area contributed by atoms with Gasteiger partial charge in [0.1, 0.15) is 11.8 Å². The van der Waals surface area contributed by atoms with Crippen molar-refractivity contribution in [2.75, 3.05) is 10.6 Å². The van der Waals surface area contributed by atoms with Crippen LogP contribution in [-0.4, -0.2) is 45.7 Å². The van der Waals surface area contributed by atoms with E-state index in [4.69, 9.17) is 19.5 Å². The molecule has 3 N–H and O–H groups in total. The average molecular weight is 545 g/mol. The zero-order valence-corrected chi connectivity index (χ0v) is 23.0. The highest BCUT2D eigenvalue weighted by molar-refractivity contribution is 5.87. The smallest absolute Gasteiger partial charge is 0.365 e. The van der Waals surface area contributed by atoms with Crippen molar-refractivity contribution in [3.8, 4) is 11.6 Å². The number of hydrogen-bond donors (Lipinski definition) is 3. The molecular weight excluding hydrogens is 508 g/mol. The van der Waals surface area contributed by atoms with Gasteiger partial charge in [0.15, 0.2) is 11.5 Å². The Balaban J connectivity index is 1.44. The first kappa shape index (κ1) is 26.1. The molecule has 0 spiro atoms. The van der Waals surface area contributed by atoms with Crippen molar-refractivity contribution in [2.45, 2.75) is 77.4 Å². The highest BCUT2D eigenvalue weighted by Crippen LogP contribution is 2.36. The Morgan fingerprint density at radius 2 is 1.98 bits per heavy atom. The topological polar surface area (TPSA) is 152 Å². The van der Waals surface area contributed by atoms with Crippen LogP contribution in [0.1, 0.15) is 70.5 Å². The molecule has 4 aromatic heterocycles. The van der Waals surface area contributed by atoms with Gasteiger partial charge < -0.3 is 15.2 Å². The molecule has 0 bridgehead atoms. The molecular formula is C28H36N10O2. The molecule has 2 aliphatic carbocycles. The maximum absolute atomic E-state index is 11.7. The summed E-state index contributed by atoms with van der Waals surface area (Å²) in [7, 11) is 0. The lowest BCUT2D eigenvalue weighted by Crippen LogP contribution is -2.31. The minimum absolute atomic E-state index is 0.111. The highest BCUT2D eigenvalue weighted by atomic mass is 16.5. The van der Waals surface area contributed by atoms with Gasteiger partial charge in [-0.05, 0) is 76.2 Å². The van der Waals surface area contributed by atoms with E-state index in [1.54, 1.807) is 12.5 Å². The van der Waals surface area contributed by atoms with Crippen molar-refractivity contribution in [2.24, 2.45) is 17.8 Å². The van der Waals surface area contributed by atoms with Crippen LogP contribution in [0, 0.1) is 17.8 Å². The van der Waals surface area contributed by atoms with Crippen molar-refractivity contribution in [1.29, 1.82) is 0 Å². The fourth-order valence-electron chi connectivity index (χ4n) is 5.82. The molecule has 4 heterocycles. The standard InChI is InChI=1S/C28H36N10O2/c1-4-18-8-10-19(11-9-18)14-38-22-23(31-16(2)20-6-5-7-20)33-25(26-36-28(39)40-37-26)34-24(22)35-27(38)32-17(3)21-12-13-29-15-30-21/h4,12-13,15-20H,1,5-11,14H2,2-3H3,(H,36,37,39)(H2,31,32,33,34,35). The molecule has 40 heavy (non-hydrogen) atoms. The Morgan fingerprint density at radius 3 is 2.62 bits per heavy atom. The Kier molecular flexibility index (Phi) is 7.31. The number of anilines is 2. The number of nitrogens with one attached hydrogen (secondary N) is 3. The predicted octanol–water partition coefficient (Wildman–Crippen LogP) is 4.73. The van der Waals surface area contributed by atoms with Gasteiger partial charge in [0.05, 0.1) is 11.7 Å². The highest BCUT2D eigenvalue weighted by Gasteiger charge is 2.29. The molecule has 210 valence electrons. The number of nitrogens with zero attached hydrogens (tertiary/aromatic N) is 7. The third-order valence-corrected chi connectivity index (χ3v) is 8.54. The molecule has 0 aliphatic heterocycles. The zero-order valence-electron chi connectivity index (χ0n) is 23.0. The number of H-pyrrole nitrogens is 1. The number of imidazole rings is 1. The second kappa shape index (κ2) is 11.2. The number of rotatable bonds is 10. The molecule has 12 nitrogen and oxygen atoms in total. The van der Waals surface area contributed by atoms with Crippen molar-refractivity contribution < 1.29 is 4.52 Å². The van der Waals surface area contributed by atoms with Gasteiger partial charge >= 0.3 is 5.76 Å². The minimum Gasteiger partial charge on any atom is -0.365 e. The van der Waals surface area contributed by atoms with Gasteiger partial charge in [-0.15, -0.1) is 6.58 Å². The van der Waals surface area contributed by atoms with Crippen molar-refractivity contribution in [3.63, 3.8) is 0 Å². The van der Waals surface area contributed by atoms with Crippen LogP contribution in [0.25, 0.3) is 22.8 Å². The van der Waals surface area contributed by atoms with Crippen LogP contribution in [0.5, 0.6) is 0 Å². The first-order valence-electron chi connectivity index (χ1n) is 14.2. The molecule has 12 heteroatoms. The summed E-state index contributed by atoms with van der Waals surface area (Å²) < 4.78 is 6.97. The third-order valence-electron chi connectivity index (χ3n) is 8.54. The number of aromatic nitrogens is 8. The summed E-state index contributed by atoms with van der Waals surface area (Å²) in [5.41, 5.74) is 2.22. The first-order chi connectivity index (χ1) is 19.5. The van der Waals surface area contributed by atoms with Gasteiger partial charge in [0.2, 0.25) is 17.6 Å². The second-order valence-electron chi connectivity index (χ2n) is 11.2. The van der Waals surface area contributed by atoms with E-state index in [0.29, 0.717) is 35.2 Å². The molecule has 0 radical (unpaired) electrons. The lowest BCUT2D eigenvalue weighted by Gasteiger charge is -2.32. The van der Waals surface area contributed by atoms with E-state index >= 15 is 0 Å². The van der Waals surface area contributed by atoms with E-state index in [9.17, 15) is 4.79 Å². The lowest BCUT2D eigenvalue weighted by molar-refractivity contribution is 0.283. The van der Waals surface area contributed by atoms with Crippen LogP contribution in [-0.2, 0) is 6.54 Å². The largest absolute Gasteiger partial charge is 0.439 e. The molecule has 0 saturated heterocycles. The van der Waals surface area contributed by atoms with E-state index in [1.165, 1.54) is 19.3 Å². The Morgan fingerprint density at radius 1 is 1.15 bits per heavy atom. The number of hydrogen-bond acceptors (Lipinski definition) is 10. The Bertz CT molecular complexity index is 1520. The van der Waals surface area contributed by atoms with Gasteiger partial charge in [-0.2, -0.15) is 4.98 Å². The van der Waals surface area contributed by atoms with Gasteiger partial charge in [-0.1, -0.05) is 17.7 Å². The van der Waals surface area contributed by atoms with Crippen molar-refractivity contribution in [3.05, 3.63) is 47.5 Å². The van der Waals surface area contributed by atoms with Crippen LogP contribution >= 0.6 is 0 Å². The van der Waals surface area contributed by atoms with Gasteiger partial charge in [0.25, 0.3) is 0 Å². The van der Waals surface area contributed by atoms with Gasteiger partial charge in [-0.3, -0.25) is 9.51 Å². The Hall–Kier alpha value is -4.09. The van der Waals surface area contributed by atoms with Crippen LogP contribution < -0.4 is 16.4 Å². The molecule has 2 saturated carbocycles. The third kappa shape index (κ3) is 5.34. The number of allylic oxidation sites excluding steroid dienone is 1. The Labute approximate surface area is 232 Å². The van der Waals surface area contributed by atoms with E-state index in [-0.39, 0.29) is 23.7 Å². The summed E-state index contributed by atoms with van der Waals surface area (Å²) in [6.45, 7) is 9.04. The summed E-state index contributed by atoms with van der Waals surface area (Å²) in [5.74, 6) is 2.82. The average Bonchev–Trinajstić information content (AvgIpc) is 3.52. The van der Waals surface area contributed by atoms with Gasteiger partial charge in [0, 0.05) is 18.8 Å². The maximum atomic E-state index is 11.7. The second-order valence-corrected chi connectivity index (χ2v) is 11.2. The molecule has 2 fully saturated rings. The minimum atomic E-state index is -0.655. The lowest BCUT2D eigenvalue weighted by atomic mass is 9.80. The van der Waals surface area contributed by atoms with Gasteiger partial charge in [-0.25, -0.2) is 24.7 Å². The van der Waals surface area contributed by atoms with Crippen molar-refractivity contribution in [1.82, 2.24) is 39.6 Å². The summed E-state index contributed by atoms with van der Waals surface area (Å²) in [5, 5.41) is 11.1.